The fourth-order valence-corrected chi connectivity index (χ4v) is 4.89. The second-order valence-corrected chi connectivity index (χ2v) is 8.30. The first kappa shape index (κ1) is 17.7. The van der Waals surface area contributed by atoms with E-state index in [0.29, 0.717) is 6.54 Å². The van der Waals surface area contributed by atoms with E-state index >= 15 is 0 Å². The van der Waals surface area contributed by atoms with E-state index in [9.17, 15) is 4.79 Å². The number of carbonyl (C=O) groups is 1. The van der Waals surface area contributed by atoms with Crippen molar-refractivity contribution in [3.05, 3.63) is 23.8 Å². The summed E-state index contributed by atoms with van der Waals surface area (Å²) in [6.45, 7) is 5.48. The van der Waals surface area contributed by atoms with Crippen LogP contribution in [-0.2, 0) is 16.0 Å². The molecule has 0 spiro atoms. The number of fused-ring (bicyclic) bond motifs is 1. The van der Waals surface area contributed by atoms with E-state index in [1.54, 1.807) is 11.3 Å². The van der Waals surface area contributed by atoms with E-state index in [1.807, 2.05) is 0 Å². The summed E-state index contributed by atoms with van der Waals surface area (Å²) in [5, 5.41) is 4.18. The highest BCUT2D eigenvalue weighted by Crippen LogP contribution is 2.32. The van der Waals surface area contributed by atoms with Gasteiger partial charge in [-0.1, -0.05) is 24.3 Å². The molecule has 2 aliphatic rings. The molecule has 3 heterocycles. The van der Waals surface area contributed by atoms with Crippen LogP contribution in [0.4, 0.5) is 5.13 Å². The van der Waals surface area contributed by atoms with Crippen LogP contribution in [0.3, 0.4) is 0 Å². The molecule has 4 rings (SSSR count). The van der Waals surface area contributed by atoms with Gasteiger partial charge in [0.15, 0.2) is 5.13 Å². The van der Waals surface area contributed by atoms with E-state index in [1.165, 1.54) is 10.3 Å². The number of hydrogen-bond acceptors (Lipinski definition) is 5. The molecule has 0 bridgehead atoms. The van der Waals surface area contributed by atoms with Crippen LogP contribution in [0.15, 0.2) is 18.2 Å². The summed E-state index contributed by atoms with van der Waals surface area (Å²) < 4.78 is 6.84. The van der Waals surface area contributed by atoms with Crippen LogP contribution in [0, 0.1) is 5.92 Å². The number of ether oxygens (including phenoxy) is 1. The number of amides is 1. The van der Waals surface area contributed by atoms with Gasteiger partial charge in [-0.15, -0.1) is 0 Å². The fraction of sp³-hybridized carbons (Fsp3) is 0.600. The monoisotopic (exact) mass is 373 g/mol. The molecule has 1 unspecified atom stereocenters. The number of nitrogens with one attached hydrogen (secondary N) is 1. The molecule has 2 aromatic rings. The van der Waals surface area contributed by atoms with Gasteiger partial charge in [-0.25, -0.2) is 4.98 Å². The van der Waals surface area contributed by atoms with Crippen molar-refractivity contribution in [2.24, 2.45) is 5.92 Å². The van der Waals surface area contributed by atoms with Crippen molar-refractivity contribution < 1.29 is 9.53 Å². The molecular formula is C20H27N3O2S. The molecule has 2 fully saturated rings. The van der Waals surface area contributed by atoms with Crippen LogP contribution in [-0.4, -0.2) is 43.2 Å². The first-order valence-corrected chi connectivity index (χ1v) is 10.6. The Kier molecular flexibility index (Phi) is 5.41. The zero-order chi connectivity index (χ0) is 17.9. The van der Waals surface area contributed by atoms with Crippen LogP contribution in [0.2, 0.25) is 0 Å². The number of thiazole rings is 1. The molecule has 0 aliphatic carbocycles. The number of carbonyl (C=O) groups excluding carboxylic acids is 1. The van der Waals surface area contributed by atoms with Crippen molar-refractivity contribution in [1.82, 2.24) is 10.3 Å². The van der Waals surface area contributed by atoms with Crippen LogP contribution in [0.25, 0.3) is 10.2 Å². The van der Waals surface area contributed by atoms with Crippen LogP contribution >= 0.6 is 11.3 Å². The van der Waals surface area contributed by atoms with Gasteiger partial charge in [0.2, 0.25) is 5.91 Å². The van der Waals surface area contributed by atoms with E-state index in [-0.39, 0.29) is 17.9 Å². The summed E-state index contributed by atoms with van der Waals surface area (Å²) in [4.78, 5) is 19.5. The molecule has 140 valence electrons. The molecule has 5 nitrogen and oxygen atoms in total. The van der Waals surface area contributed by atoms with Crippen molar-refractivity contribution in [3.63, 3.8) is 0 Å². The van der Waals surface area contributed by atoms with Gasteiger partial charge in [0.25, 0.3) is 0 Å². The molecule has 2 saturated heterocycles. The SMILES string of the molecule is CCc1ccc2nc(N3CCC(C(=O)NCC4CCCO4)CC3)sc2c1. The third-order valence-electron chi connectivity index (χ3n) is 5.51. The predicted octanol–water partition coefficient (Wildman–Crippen LogP) is 3.37. The van der Waals surface area contributed by atoms with Gasteiger partial charge >= 0.3 is 0 Å². The summed E-state index contributed by atoms with van der Waals surface area (Å²) in [7, 11) is 0. The molecule has 0 saturated carbocycles. The Labute approximate surface area is 158 Å². The van der Waals surface area contributed by atoms with E-state index < -0.39 is 0 Å². The largest absolute Gasteiger partial charge is 0.376 e. The van der Waals surface area contributed by atoms with Gasteiger partial charge < -0.3 is 15.0 Å². The number of anilines is 1. The summed E-state index contributed by atoms with van der Waals surface area (Å²) in [6, 6.07) is 6.54. The minimum absolute atomic E-state index is 0.119. The highest BCUT2D eigenvalue weighted by Gasteiger charge is 2.27. The van der Waals surface area contributed by atoms with Crippen molar-refractivity contribution in [2.45, 2.75) is 45.1 Å². The Balaban J connectivity index is 1.32. The highest BCUT2D eigenvalue weighted by atomic mass is 32.1. The first-order valence-electron chi connectivity index (χ1n) is 9.76. The number of aromatic nitrogens is 1. The lowest BCUT2D eigenvalue weighted by Gasteiger charge is -2.31. The summed E-state index contributed by atoms with van der Waals surface area (Å²) in [5.41, 5.74) is 2.44. The van der Waals surface area contributed by atoms with E-state index in [4.69, 9.17) is 9.72 Å². The lowest BCUT2D eigenvalue weighted by Crippen LogP contribution is -2.42. The summed E-state index contributed by atoms with van der Waals surface area (Å²) in [6.07, 6.45) is 5.24. The maximum Gasteiger partial charge on any atom is 0.223 e. The standard InChI is InChI=1S/C20H27N3O2S/c1-2-14-5-6-17-18(12-14)26-20(22-17)23-9-7-15(8-10-23)19(24)21-13-16-4-3-11-25-16/h5-6,12,15-16H,2-4,7-11,13H2,1H3,(H,21,24). The van der Waals surface area contributed by atoms with Gasteiger partial charge in [0.05, 0.1) is 16.3 Å². The van der Waals surface area contributed by atoms with Crippen LogP contribution in [0.5, 0.6) is 0 Å². The number of rotatable bonds is 5. The minimum Gasteiger partial charge on any atom is -0.376 e. The zero-order valence-corrected chi connectivity index (χ0v) is 16.2. The van der Waals surface area contributed by atoms with Crippen LogP contribution < -0.4 is 10.2 Å². The highest BCUT2D eigenvalue weighted by molar-refractivity contribution is 7.22. The second kappa shape index (κ2) is 7.92. The number of aryl methyl sites for hydroxylation is 1. The van der Waals surface area contributed by atoms with Crippen molar-refractivity contribution in [3.8, 4) is 0 Å². The smallest absolute Gasteiger partial charge is 0.223 e. The van der Waals surface area contributed by atoms with Crippen molar-refractivity contribution in [1.29, 1.82) is 0 Å². The lowest BCUT2D eigenvalue weighted by molar-refractivity contribution is -0.126. The number of piperidine rings is 1. The van der Waals surface area contributed by atoms with Crippen LogP contribution in [0.1, 0.15) is 38.2 Å². The summed E-state index contributed by atoms with van der Waals surface area (Å²) in [5.74, 6) is 0.311. The molecule has 0 radical (unpaired) electrons. The Morgan fingerprint density at radius 3 is 2.92 bits per heavy atom. The average Bonchev–Trinajstić information content (AvgIpc) is 3.35. The average molecular weight is 374 g/mol. The van der Waals surface area contributed by atoms with E-state index in [0.717, 1.165) is 62.4 Å². The van der Waals surface area contributed by atoms with Gasteiger partial charge in [-0.3, -0.25) is 4.79 Å². The van der Waals surface area contributed by atoms with E-state index in [2.05, 4.69) is 35.3 Å². The van der Waals surface area contributed by atoms with Gasteiger partial charge in [0.1, 0.15) is 0 Å². The maximum atomic E-state index is 12.4. The lowest BCUT2D eigenvalue weighted by atomic mass is 9.96. The third-order valence-corrected chi connectivity index (χ3v) is 6.59. The Hall–Kier alpha value is -1.66. The molecule has 1 amide bonds. The molecule has 6 heteroatoms. The van der Waals surface area contributed by atoms with Crippen molar-refractivity contribution in [2.75, 3.05) is 31.1 Å². The minimum atomic E-state index is 0.119. The number of benzene rings is 1. The zero-order valence-electron chi connectivity index (χ0n) is 15.4. The molecule has 2 aliphatic heterocycles. The van der Waals surface area contributed by atoms with Crippen molar-refractivity contribution >= 4 is 32.6 Å². The van der Waals surface area contributed by atoms with Gasteiger partial charge in [-0.2, -0.15) is 0 Å². The first-order chi connectivity index (χ1) is 12.7. The summed E-state index contributed by atoms with van der Waals surface area (Å²) >= 11 is 1.77. The second-order valence-electron chi connectivity index (χ2n) is 7.29. The molecular weight excluding hydrogens is 346 g/mol. The third kappa shape index (κ3) is 3.86. The predicted molar refractivity (Wildman–Crippen MR) is 106 cm³/mol. The maximum absolute atomic E-state index is 12.4. The number of hydrogen-bond donors (Lipinski definition) is 1. The topological polar surface area (TPSA) is 54.5 Å². The molecule has 26 heavy (non-hydrogen) atoms. The molecule has 1 aromatic carbocycles. The Morgan fingerprint density at radius 2 is 2.19 bits per heavy atom. The Bertz CT molecular complexity index is 762. The molecule has 1 aromatic heterocycles. The molecule has 1 N–H and O–H groups in total. The van der Waals surface area contributed by atoms with Gasteiger partial charge in [-0.05, 0) is 49.8 Å². The Morgan fingerprint density at radius 1 is 1.35 bits per heavy atom. The van der Waals surface area contributed by atoms with Gasteiger partial charge in [0, 0.05) is 32.2 Å². The fourth-order valence-electron chi connectivity index (χ4n) is 3.81. The molecule has 1 atom stereocenters. The number of nitrogens with zero attached hydrogens (tertiary/aromatic N) is 2. The normalized spacial score (nSPS) is 21.4. The quantitative estimate of drug-likeness (QED) is 0.873.